The van der Waals surface area contributed by atoms with Gasteiger partial charge in [-0.25, -0.2) is 0 Å². The molecule has 1 aliphatic heterocycles. The van der Waals surface area contributed by atoms with Crippen LogP contribution in [0.3, 0.4) is 0 Å². The molecule has 1 rings (SSSR count). The Hall–Kier alpha value is -0.530. The maximum atomic E-state index is 2.48. The Morgan fingerprint density at radius 1 is 0.500 bits per heavy atom. The van der Waals surface area contributed by atoms with Crippen molar-refractivity contribution in [2.45, 2.75) is 161 Å². The molecule has 0 saturated carbocycles. The van der Waals surface area contributed by atoms with E-state index in [4.69, 9.17) is 0 Å². The smallest absolute Gasteiger partial charge is 0.233 e. The molecule has 0 aromatic heterocycles. The van der Waals surface area contributed by atoms with E-state index in [1.54, 1.807) is 0 Å². The van der Waals surface area contributed by atoms with Gasteiger partial charge in [-0.1, -0.05) is 135 Å². The fourth-order valence-corrected chi connectivity index (χ4v) is 5.16. The molecule has 32 heavy (non-hydrogen) atoms. The second-order valence-corrected chi connectivity index (χ2v) is 10.8. The van der Waals surface area contributed by atoms with Gasteiger partial charge in [-0.15, -0.1) is 0 Å². The Balaban J connectivity index is 1.67. The fourth-order valence-electron chi connectivity index (χ4n) is 5.16. The quantitative estimate of drug-likeness (QED) is 0.0808. The first kappa shape index (κ1) is 29.5. The molecule has 1 saturated heterocycles. The summed E-state index contributed by atoms with van der Waals surface area (Å²) in [5, 5.41) is 0. The standard InChI is InChI=1S/C30H61N2/c1-3-4-5-6-7-8-9-10-11-12-13-14-15-16-17-18-19-20-21-22-23-24-27-31(2)30-32-28-25-26-29-32/h30H,3-29H2,1-2H3/q+1. The Kier molecular flexibility index (Phi) is 21.8. The molecular weight excluding hydrogens is 388 g/mol. The summed E-state index contributed by atoms with van der Waals surface area (Å²) in [4.78, 5) is 2.40. The minimum absolute atomic E-state index is 1.23. The highest BCUT2D eigenvalue weighted by molar-refractivity contribution is 5.48. The van der Waals surface area contributed by atoms with Crippen molar-refractivity contribution < 1.29 is 4.58 Å². The van der Waals surface area contributed by atoms with Crippen molar-refractivity contribution in [3.05, 3.63) is 0 Å². The van der Waals surface area contributed by atoms with Gasteiger partial charge in [0.15, 0.2) is 0 Å². The molecule has 0 N–H and O–H groups in total. The maximum Gasteiger partial charge on any atom is 0.233 e. The van der Waals surface area contributed by atoms with E-state index in [1.165, 1.54) is 174 Å². The van der Waals surface area contributed by atoms with Crippen LogP contribution in [0.2, 0.25) is 0 Å². The Bertz CT molecular complexity index is 396. The zero-order valence-electron chi connectivity index (χ0n) is 22.6. The molecule has 1 fully saturated rings. The molecule has 0 aromatic carbocycles. The Morgan fingerprint density at radius 3 is 1.16 bits per heavy atom. The van der Waals surface area contributed by atoms with Crippen LogP contribution in [0, 0.1) is 0 Å². The zero-order chi connectivity index (χ0) is 23.0. The molecule has 190 valence electrons. The third kappa shape index (κ3) is 20.1. The van der Waals surface area contributed by atoms with E-state index in [0.29, 0.717) is 0 Å². The zero-order valence-corrected chi connectivity index (χ0v) is 22.6. The van der Waals surface area contributed by atoms with Crippen LogP contribution in [-0.2, 0) is 0 Å². The van der Waals surface area contributed by atoms with Gasteiger partial charge in [0.2, 0.25) is 6.34 Å². The molecule has 0 atom stereocenters. The first-order chi connectivity index (χ1) is 15.8. The Morgan fingerprint density at radius 2 is 0.812 bits per heavy atom. The van der Waals surface area contributed by atoms with E-state index in [0.717, 1.165) is 0 Å². The Labute approximate surface area is 203 Å². The molecule has 2 heteroatoms. The van der Waals surface area contributed by atoms with Crippen LogP contribution in [-0.4, -0.2) is 42.5 Å². The van der Waals surface area contributed by atoms with Crippen LogP contribution in [0.15, 0.2) is 0 Å². The van der Waals surface area contributed by atoms with Crippen molar-refractivity contribution in [3.8, 4) is 0 Å². The minimum Gasteiger partial charge on any atom is -0.271 e. The normalized spacial score (nSPS) is 13.8. The first-order valence-electron chi connectivity index (χ1n) is 15.1. The van der Waals surface area contributed by atoms with Gasteiger partial charge in [-0.2, -0.15) is 0 Å². The van der Waals surface area contributed by atoms with Crippen molar-refractivity contribution in [1.82, 2.24) is 4.90 Å². The SMILES string of the molecule is CCCCCCCCCCCCCCCCCCCCCCCCN(C)C=[N+]1CCCC1. The van der Waals surface area contributed by atoms with Gasteiger partial charge in [0.25, 0.3) is 0 Å². The molecule has 0 amide bonds. The van der Waals surface area contributed by atoms with Crippen LogP contribution in [0.4, 0.5) is 0 Å². The number of hydrogen-bond donors (Lipinski definition) is 0. The van der Waals surface area contributed by atoms with E-state index in [2.05, 4.69) is 29.8 Å². The highest BCUT2D eigenvalue weighted by Crippen LogP contribution is 2.15. The molecule has 0 bridgehead atoms. The van der Waals surface area contributed by atoms with E-state index in [1.807, 2.05) is 0 Å². The van der Waals surface area contributed by atoms with Gasteiger partial charge >= 0.3 is 0 Å². The maximum absolute atomic E-state index is 2.48. The first-order valence-corrected chi connectivity index (χ1v) is 15.1. The fraction of sp³-hybridized carbons (Fsp3) is 0.967. The summed E-state index contributed by atoms with van der Waals surface area (Å²) >= 11 is 0. The van der Waals surface area contributed by atoms with Crippen molar-refractivity contribution in [2.24, 2.45) is 0 Å². The lowest BCUT2D eigenvalue weighted by atomic mass is 10.0. The van der Waals surface area contributed by atoms with Crippen LogP contribution < -0.4 is 0 Å². The summed E-state index contributed by atoms with van der Waals surface area (Å²) in [5.74, 6) is 0. The average molecular weight is 450 g/mol. The summed E-state index contributed by atoms with van der Waals surface area (Å²) in [6.07, 6.45) is 37.3. The van der Waals surface area contributed by atoms with Gasteiger partial charge in [-0.05, 0) is 25.7 Å². The second-order valence-electron chi connectivity index (χ2n) is 10.8. The summed E-state index contributed by atoms with van der Waals surface area (Å²) < 4.78 is 2.48. The molecule has 1 heterocycles. The van der Waals surface area contributed by atoms with Crippen LogP contribution in [0.25, 0.3) is 0 Å². The molecule has 0 spiro atoms. The predicted molar refractivity (Wildman–Crippen MR) is 145 cm³/mol. The molecule has 0 radical (unpaired) electrons. The van der Waals surface area contributed by atoms with Crippen LogP contribution in [0.5, 0.6) is 0 Å². The minimum atomic E-state index is 1.23. The molecule has 0 aliphatic carbocycles. The van der Waals surface area contributed by atoms with Gasteiger partial charge in [0.1, 0.15) is 0 Å². The summed E-state index contributed by atoms with van der Waals surface area (Å²) in [6, 6.07) is 0. The van der Waals surface area contributed by atoms with E-state index >= 15 is 0 Å². The highest BCUT2D eigenvalue weighted by Gasteiger charge is 2.10. The molecule has 0 unspecified atom stereocenters. The van der Waals surface area contributed by atoms with Gasteiger partial charge < -0.3 is 0 Å². The van der Waals surface area contributed by atoms with Gasteiger partial charge in [-0.3, -0.25) is 9.48 Å². The lowest BCUT2D eigenvalue weighted by molar-refractivity contribution is -0.505. The topological polar surface area (TPSA) is 6.25 Å². The molecule has 0 aromatic rings. The molecule has 1 aliphatic rings. The lowest BCUT2D eigenvalue weighted by Gasteiger charge is -2.08. The van der Waals surface area contributed by atoms with Crippen LogP contribution >= 0.6 is 0 Å². The van der Waals surface area contributed by atoms with Crippen molar-refractivity contribution in [3.63, 3.8) is 0 Å². The summed E-state index contributed by atoms with van der Waals surface area (Å²) in [5.41, 5.74) is 0. The molecule has 2 nitrogen and oxygen atoms in total. The van der Waals surface area contributed by atoms with Gasteiger partial charge in [0, 0.05) is 0 Å². The lowest BCUT2D eigenvalue weighted by Crippen LogP contribution is -2.24. The number of unbranched alkanes of at least 4 members (excludes halogenated alkanes) is 21. The van der Waals surface area contributed by atoms with Crippen molar-refractivity contribution in [2.75, 3.05) is 26.7 Å². The van der Waals surface area contributed by atoms with E-state index < -0.39 is 0 Å². The monoisotopic (exact) mass is 449 g/mol. The highest BCUT2D eigenvalue weighted by atomic mass is 15.2. The van der Waals surface area contributed by atoms with E-state index in [-0.39, 0.29) is 0 Å². The number of hydrogen-bond acceptors (Lipinski definition) is 0. The van der Waals surface area contributed by atoms with Crippen molar-refractivity contribution in [1.29, 1.82) is 0 Å². The number of nitrogens with zero attached hydrogens (tertiary/aromatic N) is 2. The average Bonchev–Trinajstić information content (AvgIpc) is 3.30. The number of rotatable bonds is 24. The third-order valence-electron chi connectivity index (χ3n) is 7.37. The van der Waals surface area contributed by atoms with E-state index in [9.17, 15) is 0 Å². The third-order valence-corrected chi connectivity index (χ3v) is 7.37. The summed E-state index contributed by atoms with van der Waals surface area (Å²) in [7, 11) is 2.25. The predicted octanol–water partition coefficient (Wildman–Crippen LogP) is 9.35. The second kappa shape index (κ2) is 23.6. The van der Waals surface area contributed by atoms with Crippen molar-refractivity contribution >= 4 is 6.34 Å². The van der Waals surface area contributed by atoms with Crippen LogP contribution in [0.1, 0.15) is 161 Å². The largest absolute Gasteiger partial charge is 0.271 e. The van der Waals surface area contributed by atoms with Gasteiger partial charge in [0.05, 0.1) is 26.7 Å². The summed E-state index contributed by atoms with van der Waals surface area (Å²) in [6.45, 7) is 6.07. The molecular formula is C30H61N2+.